The van der Waals surface area contributed by atoms with Gasteiger partial charge in [-0.25, -0.2) is 0 Å². The van der Waals surface area contributed by atoms with Gasteiger partial charge < -0.3 is 4.74 Å². The van der Waals surface area contributed by atoms with Crippen molar-refractivity contribution in [2.45, 2.75) is 46.1 Å². The van der Waals surface area contributed by atoms with E-state index in [1.807, 2.05) is 24.5 Å². The zero-order valence-electron chi connectivity index (χ0n) is 10.4. The Labute approximate surface area is 99.1 Å². The average molecular weight is 218 g/mol. The third-order valence-corrected chi connectivity index (χ3v) is 2.65. The van der Waals surface area contributed by atoms with Gasteiger partial charge in [0.05, 0.1) is 6.26 Å². The Morgan fingerprint density at radius 2 is 1.94 bits per heavy atom. The van der Waals surface area contributed by atoms with Crippen molar-refractivity contribution in [1.29, 1.82) is 0 Å². The molecule has 0 heterocycles. The molecule has 0 saturated carbocycles. The summed E-state index contributed by atoms with van der Waals surface area (Å²) >= 11 is 0. The van der Waals surface area contributed by atoms with Crippen LogP contribution in [-0.2, 0) is 11.3 Å². The van der Waals surface area contributed by atoms with Crippen LogP contribution in [0.15, 0.2) is 42.2 Å². The van der Waals surface area contributed by atoms with Gasteiger partial charge in [0.1, 0.15) is 6.61 Å². The van der Waals surface area contributed by atoms with Crippen LogP contribution in [0.4, 0.5) is 0 Å². The zero-order valence-corrected chi connectivity index (χ0v) is 10.4. The molecular weight excluding hydrogens is 196 g/mol. The molecule has 0 bridgehead atoms. The first-order valence-corrected chi connectivity index (χ1v) is 6.20. The van der Waals surface area contributed by atoms with Gasteiger partial charge in [0, 0.05) is 0 Å². The van der Waals surface area contributed by atoms with Crippen LogP contribution < -0.4 is 0 Å². The largest absolute Gasteiger partial charge is 0.497 e. The predicted molar refractivity (Wildman–Crippen MR) is 69.1 cm³/mol. The molecule has 1 rings (SSSR count). The summed E-state index contributed by atoms with van der Waals surface area (Å²) in [4.78, 5) is 0. The summed E-state index contributed by atoms with van der Waals surface area (Å²) in [7, 11) is 0. The van der Waals surface area contributed by atoms with Crippen LogP contribution in [-0.4, -0.2) is 0 Å². The molecule has 0 amide bonds. The fourth-order valence-corrected chi connectivity index (χ4v) is 1.55. The molecule has 0 saturated heterocycles. The number of ether oxygens (including phenoxy) is 1. The number of unbranched alkanes of at least 4 members (excludes halogenated alkanes) is 1. The van der Waals surface area contributed by atoms with E-state index in [2.05, 4.69) is 26.0 Å². The summed E-state index contributed by atoms with van der Waals surface area (Å²) < 4.78 is 5.61. The summed E-state index contributed by atoms with van der Waals surface area (Å²) in [6.07, 6.45) is 6.71. The molecule has 0 spiro atoms. The normalized spacial score (nSPS) is 11.5. The quantitative estimate of drug-likeness (QED) is 0.603. The molecule has 0 N–H and O–H groups in total. The van der Waals surface area contributed by atoms with Gasteiger partial charge >= 0.3 is 0 Å². The third-order valence-electron chi connectivity index (χ3n) is 2.65. The van der Waals surface area contributed by atoms with Crippen molar-refractivity contribution in [3.05, 3.63) is 47.7 Å². The van der Waals surface area contributed by atoms with Gasteiger partial charge in [-0.3, -0.25) is 0 Å². The number of benzene rings is 1. The molecule has 0 aromatic heterocycles. The van der Waals surface area contributed by atoms with E-state index in [1.165, 1.54) is 30.4 Å². The SMILES string of the molecule is CCCC/C(=C\OCc1ccccc1)CC. The summed E-state index contributed by atoms with van der Waals surface area (Å²) in [5.41, 5.74) is 2.64. The Bertz CT molecular complexity index is 300. The lowest BCUT2D eigenvalue weighted by Crippen LogP contribution is -1.89. The van der Waals surface area contributed by atoms with Crippen molar-refractivity contribution in [1.82, 2.24) is 0 Å². The minimum atomic E-state index is 0.677. The molecule has 88 valence electrons. The Kier molecular flexibility index (Phi) is 6.39. The van der Waals surface area contributed by atoms with Crippen LogP contribution in [0.5, 0.6) is 0 Å². The fraction of sp³-hybridized carbons (Fsp3) is 0.467. The van der Waals surface area contributed by atoms with Gasteiger partial charge in [0.15, 0.2) is 0 Å². The van der Waals surface area contributed by atoms with Gasteiger partial charge in [-0.2, -0.15) is 0 Å². The maximum Gasteiger partial charge on any atom is 0.112 e. The summed E-state index contributed by atoms with van der Waals surface area (Å²) in [6.45, 7) is 5.09. The summed E-state index contributed by atoms with van der Waals surface area (Å²) in [6, 6.07) is 10.3. The first kappa shape index (κ1) is 12.8. The van der Waals surface area contributed by atoms with E-state index < -0.39 is 0 Å². The second-order valence-electron chi connectivity index (χ2n) is 4.03. The molecule has 0 fully saturated rings. The maximum atomic E-state index is 5.61. The first-order valence-electron chi connectivity index (χ1n) is 6.20. The Morgan fingerprint density at radius 3 is 2.56 bits per heavy atom. The molecule has 1 heteroatoms. The Balaban J connectivity index is 2.34. The number of allylic oxidation sites excluding steroid dienone is 1. The third kappa shape index (κ3) is 5.01. The standard InChI is InChI=1S/C15H22O/c1-3-5-9-14(4-2)12-16-13-15-10-7-6-8-11-15/h6-8,10-12H,3-5,9,13H2,1-2H3/b14-12-. The molecular formula is C15H22O. The molecule has 1 aromatic carbocycles. The molecule has 0 aliphatic heterocycles. The highest BCUT2D eigenvalue weighted by molar-refractivity contribution is 5.13. The van der Waals surface area contributed by atoms with Gasteiger partial charge in [-0.15, -0.1) is 0 Å². The van der Waals surface area contributed by atoms with Crippen LogP contribution in [0.2, 0.25) is 0 Å². The monoisotopic (exact) mass is 218 g/mol. The molecule has 0 aliphatic carbocycles. The molecule has 0 radical (unpaired) electrons. The molecule has 0 aliphatic rings. The second-order valence-corrected chi connectivity index (χ2v) is 4.03. The van der Waals surface area contributed by atoms with Crippen LogP contribution >= 0.6 is 0 Å². The lowest BCUT2D eigenvalue weighted by Gasteiger charge is -2.05. The highest BCUT2D eigenvalue weighted by Gasteiger charge is 1.95. The molecule has 16 heavy (non-hydrogen) atoms. The van der Waals surface area contributed by atoms with Crippen molar-refractivity contribution < 1.29 is 4.74 Å². The predicted octanol–water partition coefficient (Wildman–Crippen LogP) is 4.69. The van der Waals surface area contributed by atoms with Gasteiger partial charge in [0.2, 0.25) is 0 Å². The van der Waals surface area contributed by atoms with Crippen LogP contribution in [0.25, 0.3) is 0 Å². The lowest BCUT2D eigenvalue weighted by molar-refractivity contribution is 0.232. The topological polar surface area (TPSA) is 9.23 Å². The number of hydrogen-bond donors (Lipinski definition) is 0. The van der Waals surface area contributed by atoms with Crippen molar-refractivity contribution in [3.8, 4) is 0 Å². The van der Waals surface area contributed by atoms with Crippen LogP contribution in [0.1, 0.15) is 45.1 Å². The molecule has 0 atom stereocenters. The number of rotatable bonds is 7. The highest BCUT2D eigenvalue weighted by atomic mass is 16.5. The lowest BCUT2D eigenvalue weighted by atomic mass is 10.1. The van der Waals surface area contributed by atoms with Crippen molar-refractivity contribution in [2.75, 3.05) is 0 Å². The van der Waals surface area contributed by atoms with Crippen molar-refractivity contribution in [3.63, 3.8) is 0 Å². The smallest absolute Gasteiger partial charge is 0.112 e. The van der Waals surface area contributed by atoms with E-state index >= 15 is 0 Å². The molecule has 1 aromatic rings. The summed E-state index contributed by atoms with van der Waals surface area (Å²) in [5, 5.41) is 0. The average Bonchev–Trinajstić information content (AvgIpc) is 2.35. The first-order chi connectivity index (χ1) is 7.86. The Morgan fingerprint density at radius 1 is 1.19 bits per heavy atom. The van der Waals surface area contributed by atoms with Gasteiger partial charge in [-0.1, -0.05) is 50.6 Å². The maximum absolute atomic E-state index is 5.61. The molecule has 1 nitrogen and oxygen atoms in total. The van der Waals surface area contributed by atoms with Gasteiger partial charge in [0.25, 0.3) is 0 Å². The zero-order chi connectivity index (χ0) is 11.6. The molecule has 0 unspecified atom stereocenters. The Hall–Kier alpha value is -1.24. The van der Waals surface area contributed by atoms with Crippen LogP contribution in [0, 0.1) is 0 Å². The van der Waals surface area contributed by atoms with Crippen LogP contribution in [0.3, 0.4) is 0 Å². The van der Waals surface area contributed by atoms with E-state index in [1.54, 1.807) is 0 Å². The van der Waals surface area contributed by atoms with E-state index in [-0.39, 0.29) is 0 Å². The second kappa shape index (κ2) is 7.98. The van der Waals surface area contributed by atoms with E-state index in [9.17, 15) is 0 Å². The van der Waals surface area contributed by atoms with Gasteiger partial charge in [-0.05, 0) is 30.4 Å². The van der Waals surface area contributed by atoms with E-state index in [0.29, 0.717) is 6.61 Å². The highest BCUT2D eigenvalue weighted by Crippen LogP contribution is 2.12. The minimum absolute atomic E-state index is 0.677. The van der Waals surface area contributed by atoms with Crippen molar-refractivity contribution >= 4 is 0 Å². The van der Waals surface area contributed by atoms with Crippen molar-refractivity contribution in [2.24, 2.45) is 0 Å². The summed E-state index contributed by atoms with van der Waals surface area (Å²) in [5.74, 6) is 0. The van der Waals surface area contributed by atoms with E-state index in [4.69, 9.17) is 4.74 Å². The minimum Gasteiger partial charge on any atom is -0.497 e. The van der Waals surface area contributed by atoms with E-state index in [0.717, 1.165) is 6.42 Å². The number of hydrogen-bond acceptors (Lipinski definition) is 1. The fourth-order valence-electron chi connectivity index (χ4n) is 1.55.